The fourth-order valence-electron chi connectivity index (χ4n) is 3.06. The van der Waals surface area contributed by atoms with Crippen molar-refractivity contribution in [3.05, 3.63) is 0 Å². The highest BCUT2D eigenvalue weighted by molar-refractivity contribution is 5.77. The average Bonchev–Trinajstić information content (AvgIpc) is 2.42. The van der Waals surface area contributed by atoms with Crippen molar-refractivity contribution in [1.29, 1.82) is 0 Å². The third-order valence-electron chi connectivity index (χ3n) is 4.88. The highest BCUT2D eigenvalue weighted by atomic mass is 16.5. The lowest BCUT2D eigenvalue weighted by atomic mass is 9.84. The minimum absolute atomic E-state index is 0.129. The largest absolute Gasteiger partial charge is 0.363 e. The zero-order valence-corrected chi connectivity index (χ0v) is 12.6. The van der Waals surface area contributed by atoms with E-state index in [9.17, 15) is 4.79 Å². The number of hydrogen-bond acceptors (Lipinski definition) is 3. The van der Waals surface area contributed by atoms with Gasteiger partial charge in [0.25, 0.3) is 0 Å². The molecule has 0 spiro atoms. The van der Waals surface area contributed by atoms with Gasteiger partial charge in [-0.1, -0.05) is 13.3 Å². The van der Waals surface area contributed by atoms with Crippen LogP contribution < -0.4 is 5.32 Å². The fourth-order valence-corrected chi connectivity index (χ4v) is 3.06. The number of amides is 1. The van der Waals surface area contributed by atoms with Crippen molar-refractivity contribution in [1.82, 2.24) is 10.2 Å². The second-order valence-corrected chi connectivity index (χ2v) is 6.43. The van der Waals surface area contributed by atoms with Crippen LogP contribution in [0.5, 0.6) is 0 Å². The summed E-state index contributed by atoms with van der Waals surface area (Å²) in [5.74, 6) is 1.00. The Morgan fingerprint density at radius 3 is 2.42 bits per heavy atom. The van der Waals surface area contributed by atoms with Gasteiger partial charge in [0.05, 0.1) is 5.60 Å². The number of carbonyl (C=O) groups is 1. The molecule has 0 unspecified atom stereocenters. The molecule has 2 rings (SSSR count). The van der Waals surface area contributed by atoms with E-state index < -0.39 is 0 Å². The summed E-state index contributed by atoms with van der Waals surface area (Å²) in [6.45, 7) is 6.25. The zero-order valence-electron chi connectivity index (χ0n) is 12.6. The van der Waals surface area contributed by atoms with Gasteiger partial charge >= 0.3 is 0 Å². The van der Waals surface area contributed by atoms with E-state index >= 15 is 0 Å². The summed E-state index contributed by atoms with van der Waals surface area (Å²) in [5, 5.41) is 3.18. The molecule has 0 atom stereocenters. The van der Waals surface area contributed by atoms with Crippen LogP contribution in [0.25, 0.3) is 0 Å². The van der Waals surface area contributed by atoms with Gasteiger partial charge in [0.1, 0.15) is 6.61 Å². The highest BCUT2D eigenvalue weighted by Crippen LogP contribution is 2.29. The van der Waals surface area contributed by atoms with Crippen LogP contribution in [-0.4, -0.2) is 49.2 Å². The van der Waals surface area contributed by atoms with E-state index in [1.165, 1.54) is 19.3 Å². The Morgan fingerprint density at radius 2 is 1.95 bits per heavy atom. The molecule has 1 saturated heterocycles. The van der Waals surface area contributed by atoms with Gasteiger partial charge in [-0.15, -0.1) is 0 Å². The second-order valence-electron chi connectivity index (χ2n) is 6.43. The molecule has 1 saturated carbocycles. The minimum atomic E-state index is -0.129. The van der Waals surface area contributed by atoms with Crippen molar-refractivity contribution in [2.24, 2.45) is 5.92 Å². The van der Waals surface area contributed by atoms with Gasteiger partial charge in [-0.3, -0.25) is 4.79 Å². The number of likely N-dealkylation sites (N-methyl/N-ethyl adjacent to an activating group) is 1. The lowest BCUT2D eigenvalue weighted by Gasteiger charge is -2.40. The van der Waals surface area contributed by atoms with Crippen LogP contribution >= 0.6 is 0 Å². The molecular formula is C15H28N2O2. The average molecular weight is 268 g/mol. The maximum atomic E-state index is 12.2. The molecule has 2 fully saturated rings. The molecule has 1 heterocycles. The van der Waals surface area contributed by atoms with Crippen LogP contribution in [0.15, 0.2) is 0 Å². The first-order chi connectivity index (χ1) is 9.04. The lowest BCUT2D eigenvalue weighted by molar-refractivity contribution is -0.147. The molecule has 0 aromatic carbocycles. The lowest BCUT2D eigenvalue weighted by Crippen LogP contribution is -2.59. The summed E-state index contributed by atoms with van der Waals surface area (Å²) < 4.78 is 5.73. The first kappa shape index (κ1) is 14.8. The Kier molecular flexibility index (Phi) is 4.85. The van der Waals surface area contributed by atoms with Crippen LogP contribution in [0.3, 0.4) is 0 Å². The molecule has 1 aliphatic carbocycles. The molecule has 2 aliphatic rings. The van der Waals surface area contributed by atoms with Gasteiger partial charge in [0.15, 0.2) is 0 Å². The van der Waals surface area contributed by atoms with Crippen molar-refractivity contribution in [2.45, 2.75) is 57.6 Å². The normalized spacial score (nSPS) is 29.6. The van der Waals surface area contributed by atoms with E-state index in [1.807, 2.05) is 11.9 Å². The van der Waals surface area contributed by atoms with Crippen molar-refractivity contribution < 1.29 is 9.53 Å². The highest BCUT2D eigenvalue weighted by Gasteiger charge is 2.34. The van der Waals surface area contributed by atoms with Crippen molar-refractivity contribution in [2.75, 3.05) is 26.7 Å². The number of carbonyl (C=O) groups excluding carboxylic acids is 1. The molecule has 1 aliphatic heterocycles. The summed E-state index contributed by atoms with van der Waals surface area (Å²) >= 11 is 0. The van der Waals surface area contributed by atoms with Crippen LogP contribution in [-0.2, 0) is 9.53 Å². The molecule has 0 aromatic rings. The summed E-state index contributed by atoms with van der Waals surface area (Å²) in [5.41, 5.74) is -0.129. The van der Waals surface area contributed by atoms with E-state index in [1.54, 1.807) is 0 Å². The van der Waals surface area contributed by atoms with Crippen molar-refractivity contribution in [3.8, 4) is 0 Å². The summed E-state index contributed by atoms with van der Waals surface area (Å²) in [7, 11) is 1.93. The predicted molar refractivity (Wildman–Crippen MR) is 76.0 cm³/mol. The van der Waals surface area contributed by atoms with Crippen LogP contribution in [0, 0.1) is 5.92 Å². The van der Waals surface area contributed by atoms with Gasteiger partial charge in [-0.25, -0.2) is 0 Å². The molecular weight excluding hydrogens is 240 g/mol. The molecule has 0 aromatic heterocycles. The summed E-state index contributed by atoms with van der Waals surface area (Å²) in [4.78, 5) is 14.1. The van der Waals surface area contributed by atoms with E-state index in [4.69, 9.17) is 4.74 Å². The molecule has 1 amide bonds. The van der Waals surface area contributed by atoms with Crippen LogP contribution in [0.4, 0.5) is 0 Å². The molecule has 0 radical (unpaired) electrons. The van der Waals surface area contributed by atoms with E-state index in [0.717, 1.165) is 31.8 Å². The number of ether oxygens (including phenoxy) is 1. The van der Waals surface area contributed by atoms with E-state index in [2.05, 4.69) is 19.2 Å². The maximum Gasteiger partial charge on any atom is 0.248 e. The molecule has 1 N–H and O–H groups in total. The number of nitrogens with one attached hydrogen (secondary N) is 1. The van der Waals surface area contributed by atoms with Crippen molar-refractivity contribution in [3.63, 3.8) is 0 Å². The molecule has 0 bridgehead atoms. The third-order valence-corrected chi connectivity index (χ3v) is 4.88. The first-order valence-electron chi connectivity index (χ1n) is 7.64. The van der Waals surface area contributed by atoms with Gasteiger partial charge in [-0.05, 0) is 38.5 Å². The predicted octanol–water partition coefficient (Wildman–Crippen LogP) is 1.79. The van der Waals surface area contributed by atoms with Crippen molar-refractivity contribution >= 4 is 5.91 Å². The zero-order chi connectivity index (χ0) is 13.9. The van der Waals surface area contributed by atoms with E-state index in [0.29, 0.717) is 6.04 Å². The fraction of sp³-hybridized carbons (Fsp3) is 0.933. The Bertz CT molecular complexity index is 307. The van der Waals surface area contributed by atoms with Crippen LogP contribution in [0.1, 0.15) is 46.0 Å². The smallest absolute Gasteiger partial charge is 0.248 e. The first-order valence-corrected chi connectivity index (χ1v) is 7.64. The summed E-state index contributed by atoms with van der Waals surface area (Å²) in [6, 6.07) is 0.422. The van der Waals surface area contributed by atoms with Gasteiger partial charge in [0, 0.05) is 26.2 Å². The SMILES string of the molecule is CCC1CCC(N(C)C(=O)COC2(C)CNC2)CC1. The van der Waals surface area contributed by atoms with Gasteiger partial charge in [-0.2, -0.15) is 0 Å². The van der Waals surface area contributed by atoms with Gasteiger partial charge < -0.3 is 15.0 Å². The van der Waals surface area contributed by atoms with E-state index in [-0.39, 0.29) is 18.1 Å². The summed E-state index contributed by atoms with van der Waals surface area (Å²) in [6.07, 6.45) is 6.11. The maximum absolute atomic E-state index is 12.2. The second kappa shape index (κ2) is 6.23. The molecule has 110 valence electrons. The molecule has 4 nitrogen and oxygen atoms in total. The Hall–Kier alpha value is -0.610. The quantitative estimate of drug-likeness (QED) is 0.826. The standard InChI is InChI=1S/C15H28N2O2/c1-4-12-5-7-13(8-6-12)17(3)14(18)9-19-15(2)10-16-11-15/h12-13,16H,4-11H2,1-3H3. The molecule has 4 heteroatoms. The minimum Gasteiger partial charge on any atom is -0.363 e. The Labute approximate surface area is 116 Å². The van der Waals surface area contributed by atoms with Gasteiger partial charge in [0.2, 0.25) is 5.91 Å². The Morgan fingerprint density at radius 1 is 1.32 bits per heavy atom. The number of nitrogens with zero attached hydrogens (tertiary/aromatic N) is 1. The van der Waals surface area contributed by atoms with Crippen LogP contribution in [0.2, 0.25) is 0 Å². The Balaban J connectivity index is 1.73. The molecule has 19 heavy (non-hydrogen) atoms. The topological polar surface area (TPSA) is 41.6 Å². The monoisotopic (exact) mass is 268 g/mol. The third kappa shape index (κ3) is 3.69. The number of hydrogen-bond donors (Lipinski definition) is 1. The number of rotatable bonds is 5.